The Morgan fingerprint density at radius 3 is 2.80 bits per heavy atom. The van der Waals surface area contributed by atoms with E-state index in [1.54, 1.807) is 6.20 Å². The Balaban J connectivity index is 1.59. The Bertz CT molecular complexity index is 799. The number of aromatic nitrogens is 1. The van der Waals surface area contributed by atoms with Gasteiger partial charge in [-0.2, -0.15) is 0 Å². The molecule has 0 spiro atoms. The van der Waals surface area contributed by atoms with Crippen molar-refractivity contribution >= 4 is 16.8 Å². The van der Waals surface area contributed by atoms with Crippen LogP contribution in [-0.4, -0.2) is 66.1 Å². The number of fused-ring (bicyclic) bond motifs is 1. The average molecular weight is 339 g/mol. The summed E-state index contributed by atoms with van der Waals surface area (Å²) in [6.45, 7) is 9.29. The van der Waals surface area contributed by atoms with Gasteiger partial charge in [0.2, 0.25) is 0 Å². The van der Waals surface area contributed by atoms with Crippen molar-refractivity contribution in [3.8, 4) is 0 Å². The lowest BCUT2D eigenvalue weighted by Gasteiger charge is -2.32. The third-order valence-electron chi connectivity index (χ3n) is 5.45. The molecule has 1 aromatic heterocycles. The summed E-state index contributed by atoms with van der Waals surface area (Å²) in [4.78, 5) is 22.2. The maximum atomic E-state index is 13.2. The third-order valence-corrected chi connectivity index (χ3v) is 5.45. The summed E-state index contributed by atoms with van der Waals surface area (Å²) in [6, 6.07) is 6.56. The van der Waals surface area contributed by atoms with Crippen LogP contribution in [0.4, 0.5) is 0 Å². The number of aryl methyl sites for hydroxylation is 2. The fourth-order valence-corrected chi connectivity index (χ4v) is 4.03. The van der Waals surface area contributed by atoms with E-state index >= 15 is 0 Å². The second kappa shape index (κ2) is 6.73. The van der Waals surface area contributed by atoms with E-state index in [4.69, 9.17) is 4.74 Å². The predicted molar refractivity (Wildman–Crippen MR) is 97.9 cm³/mol. The minimum absolute atomic E-state index is 0.113. The molecule has 2 fully saturated rings. The maximum Gasteiger partial charge on any atom is 0.256 e. The van der Waals surface area contributed by atoms with Crippen molar-refractivity contribution in [3.05, 3.63) is 41.1 Å². The third kappa shape index (κ3) is 3.14. The molecule has 0 bridgehead atoms. The molecule has 0 aliphatic carbocycles. The van der Waals surface area contributed by atoms with E-state index < -0.39 is 0 Å². The monoisotopic (exact) mass is 339 g/mol. The van der Waals surface area contributed by atoms with E-state index in [0.29, 0.717) is 6.04 Å². The zero-order valence-corrected chi connectivity index (χ0v) is 15.0. The van der Waals surface area contributed by atoms with Crippen molar-refractivity contribution in [1.29, 1.82) is 0 Å². The number of amides is 1. The highest BCUT2D eigenvalue weighted by Crippen LogP contribution is 2.25. The normalized spacial score (nSPS) is 21.8. The quantitative estimate of drug-likeness (QED) is 0.843. The minimum atomic E-state index is 0.113. The first-order valence-electron chi connectivity index (χ1n) is 9.10. The van der Waals surface area contributed by atoms with Crippen molar-refractivity contribution in [3.63, 3.8) is 0 Å². The molecular weight excluding hydrogens is 314 g/mol. The van der Waals surface area contributed by atoms with Crippen molar-refractivity contribution in [1.82, 2.24) is 14.8 Å². The van der Waals surface area contributed by atoms with Crippen molar-refractivity contribution in [2.45, 2.75) is 26.3 Å². The predicted octanol–water partition coefficient (Wildman–Crippen LogP) is 2.40. The van der Waals surface area contributed by atoms with Crippen molar-refractivity contribution < 1.29 is 9.53 Å². The summed E-state index contributed by atoms with van der Waals surface area (Å²) in [5, 5.41) is 1.08. The van der Waals surface area contributed by atoms with Crippen LogP contribution in [0.1, 0.15) is 27.9 Å². The van der Waals surface area contributed by atoms with Gasteiger partial charge in [-0.1, -0.05) is 0 Å². The number of likely N-dealkylation sites (tertiary alicyclic amines) is 1. The molecular formula is C20H25N3O2. The average Bonchev–Trinajstić information content (AvgIpc) is 3.12. The molecule has 0 radical (unpaired) electrons. The van der Waals surface area contributed by atoms with Gasteiger partial charge in [-0.15, -0.1) is 0 Å². The molecule has 2 aliphatic rings. The highest BCUT2D eigenvalue weighted by Gasteiger charge is 2.32. The van der Waals surface area contributed by atoms with Gasteiger partial charge in [-0.25, -0.2) is 0 Å². The molecule has 2 saturated heterocycles. The van der Waals surface area contributed by atoms with E-state index in [1.807, 2.05) is 24.0 Å². The number of benzene rings is 1. The van der Waals surface area contributed by atoms with Crippen LogP contribution in [0, 0.1) is 13.8 Å². The molecule has 2 aliphatic heterocycles. The van der Waals surface area contributed by atoms with Crippen molar-refractivity contribution in [2.75, 3.05) is 39.4 Å². The van der Waals surface area contributed by atoms with Crippen LogP contribution in [0.15, 0.2) is 24.4 Å². The van der Waals surface area contributed by atoms with Crippen LogP contribution in [0.2, 0.25) is 0 Å². The lowest BCUT2D eigenvalue weighted by atomic mass is 10.0. The number of carbonyl (C=O) groups is 1. The first-order chi connectivity index (χ1) is 12.1. The first-order valence-corrected chi connectivity index (χ1v) is 9.10. The van der Waals surface area contributed by atoms with Crippen LogP contribution in [-0.2, 0) is 4.74 Å². The Morgan fingerprint density at radius 2 is 2.00 bits per heavy atom. The van der Waals surface area contributed by atoms with Gasteiger partial charge < -0.3 is 9.64 Å². The highest BCUT2D eigenvalue weighted by atomic mass is 16.5. The zero-order chi connectivity index (χ0) is 17.4. The minimum Gasteiger partial charge on any atom is -0.379 e. The molecule has 1 aromatic carbocycles. The van der Waals surface area contributed by atoms with Gasteiger partial charge in [0, 0.05) is 43.8 Å². The van der Waals surface area contributed by atoms with E-state index in [0.717, 1.165) is 73.4 Å². The molecule has 5 nitrogen and oxygen atoms in total. The van der Waals surface area contributed by atoms with Gasteiger partial charge in [0.15, 0.2) is 0 Å². The van der Waals surface area contributed by atoms with Crippen molar-refractivity contribution in [2.24, 2.45) is 0 Å². The molecule has 132 valence electrons. The number of hydrogen-bond donors (Lipinski definition) is 0. The second-order valence-corrected chi connectivity index (χ2v) is 7.18. The van der Waals surface area contributed by atoms with E-state index in [9.17, 15) is 4.79 Å². The molecule has 1 amide bonds. The largest absolute Gasteiger partial charge is 0.379 e. The molecule has 5 heteroatoms. The lowest BCUT2D eigenvalue weighted by Crippen LogP contribution is -2.45. The maximum absolute atomic E-state index is 13.2. The number of morpholine rings is 1. The number of ether oxygens (including phenoxy) is 1. The van der Waals surface area contributed by atoms with Gasteiger partial charge in [0.1, 0.15) is 0 Å². The van der Waals surface area contributed by atoms with E-state index in [1.165, 1.54) is 0 Å². The summed E-state index contributed by atoms with van der Waals surface area (Å²) in [6.07, 6.45) is 2.84. The lowest BCUT2D eigenvalue weighted by molar-refractivity contribution is 0.0185. The number of pyridine rings is 1. The topological polar surface area (TPSA) is 45.7 Å². The molecule has 25 heavy (non-hydrogen) atoms. The number of hydrogen-bond acceptors (Lipinski definition) is 4. The van der Waals surface area contributed by atoms with Gasteiger partial charge in [-0.3, -0.25) is 14.7 Å². The van der Waals surface area contributed by atoms with Crippen LogP contribution in [0.3, 0.4) is 0 Å². The Labute approximate surface area is 148 Å². The summed E-state index contributed by atoms with van der Waals surface area (Å²) in [5.74, 6) is 0.113. The standard InChI is InChI=1S/C20H25N3O2/c1-14-11-17-15(2)3-5-21-19(17)18(12-14)20(24)23-6-4-16(13-23)22-7-9-25-10-8-22/h3,5,11-12,16H,4,6-10,13H2,1-2H3. The fourth-order valence-electron chi connectivity index (χ4n) is 4.03. The Kier molecular flexibility index (Phi) is 4.44. The molecule has 1 unspecified atom stereocenters. The van der Waals surface area contributed by atoms with Crippen LogP contribution in [0.5, 0.6) is 0 Å². The Morgan fingerprint density at radius 1 is 1.20 bits per heavy atom. The number of nitrogens with zero attached hydrogens (tertiary/aromatic N) is 3. The summed E-state index contributed by atoms with van der Waals surface area (Å²) in [7, 11) is 0. The SMILES string of the molecule is Cc1cc(C(=O)N2CCC(N3CCOCC3)C2)c2nccc(C)c2c1. The Hall–Kier alpha value is -1.98. The van der Waals surface area contributed by atoms with Gasteiger partial charge >= 0.3 is 0 Å². The second-order valence-electron chi connectivity index (χ2n) is 7.18. The molecule has 0 saturated carbocycles. The van der Waals surface area contributed by atoms with Gasteiger partial charge in [-0.05, 0) is 49.6 Å². The fraction of sp³-hybridized carbons (Fsp3) is 0.500. The van der Waals surface area contributed by atoms with Gasteiger partial charge in [0.05, 0.1) is 24.3 Å². The van der Waals surface area contributed by atoms with E-state index in [-0.39, 0.29) is 5.91 Å². The molecule has 0 N–H and O–H groups in total. The zero-order valence-electron chi connectivity index (χ0n) is 15.0. The van der Waals surface area contributed by atoms with Crippen LogP contribution in [0.25, 0.3) is 10.9 Å². The highest BCUT2D eigenvalue weighted by molar-refractivity contribution is 6.06. The molecule has 3 heterocycles. The van der Waals surface area contributed by atoms with E-state index in [2.05, 4.69) is 22.9 Å². The molecule has 1 atom stereocenters. The van der Waals surface area contributed by atoms with Crippen LogP contribution >= 0.6 is 0 Å². The van der Waals surface area contributed by atoms with Gasteiger partial charge in [0.25, 0.3) is 5.91 Å². The number of carbonyl (C=O) groups excluding carboxylic acids is 1. The molecule has 2 aromatic rings. The smallest absolute Gasteiger partial charge is 0.256 e. The first kappa shape index (κ1) is 16.5. The number of rotatable bonds is 2. The summed E-state index contributed by atoms with van der Waals surface area (Å²) < 4.78 is 5.44. The van der Waals surface area contributed by atoms with Crippen LogP contribution < -0.4 is 0 Å². The summed E-state index contributed by atoms with van der Waals surface area (Å²) >= 11 is 0. The summed E-state index contributed by atoms with van der Waals surface area (Å²) in [5.41, 5.74) is 3.83. The molecule has 4 rings (SSSR count).